The number of amides is 1. The topological polar surface area (TPSA) is 93.4 Å². The van der Waals surface area contributed by atoms with Crippen molar-refractivity contribution in [1.82, 2.24) is 15.1 Å². The molecule has 0 spiro atoms. The van der Waals surface area contributed by atoms with Gasteiger partial charge in [-0.1, -0.05) is 22.9 Å². The molecule has 0 aliphatic carbocycles. The van der Waals surface area contributed by atoms with E-state index in [0.29, 0.717) is 48.9 Å². The van der Waals surface area contributed by atoms with E-state index in [0.717, 1.165) is 5.56 Å². The van der Waals surface area contributed by atoms with E-state index in [1.807, 2.05) is 36.1 Å². The van der Waals surface area contributed by atoms with Crippen LogP contribution >= 0.6 is 0 Å². The monoisotopic (exact) mass is 339 g/mol. The number of hydrogen-bond acceptors (Lipinski definition) is 7. The normalized spacial score (nSPS) is 14.7. The number of nitrogens with zero attached hydrogens (tertiary/aromatic N) is 4. The van der Waals surface area contributed by atoms with E-state index in [9.17, 15) is 4.79 Å². The van der Waals surface area contributed by atoms with Crippen LogP contribution in [0.2, 0.25) is 0 Å². The minimum absolute atomic E-state index is 0.178. The fourth-order valence-corrected chi connectivity index (χ4v) is 2.77. The molecule has 1 aromatic carbocycles. The molecule has 1 aliphatic rings. The maximum Gasteiger partial charge on any atom is 0.278 e. The number of hydrogen-bond donors (Lipinski definition) is 1. The molecule has 0 saturated carbocycles. The molecule has 3 heterocycles. The van der Waals surface area contributed by atoms with Crippen molar-refractivity contribution in [3.63, 3.8) is 0 Å². The zero-order chi connectivity index (χ0) is 17.2. The lowest BCUT2D eigenvalue weighted by Crippen LogP contribution is -2.37. The standard InChI is InChI=1S/C17H17N5O3/c1-11-2-4-12(5-3-11)20-16(23)14-13-15(22-6-8-24-9-7-22)18-10-19-17(13)25-21-14/h2-5,10H,6-9H2,1H3,(H,20,23). The number of benzene rings is 1. The Morgan fingerprint density at radius 1 is 1.16 bits per heavy atom. The SMILES string of the molecule is Cc1ccc(NC(=O)c2noc3ncnc(N4CCOCC4)c23)cc1. The van der Waals surface area contributed by atoms with Crippen molar-refractivity contribution in [3.8, 4) is 0 Å². The largest absolute Gasteiger partial charge is 0.378 e. The van der Waals surface area contributed by atoms with E-state index in [1.165, 1.54) is 6.33 Å². The van der Waals surface area contributed by atoms with E-state index in [1.54, 1.807) is 0 Å². The van der Waals surface area contributed by atoms with E-state index in [2.05, 4.69) is 20.4 Å². The third-order valence-corrected chi connectivity index (χ3v) is 4.09. The lowest BCUT2D eigenvalue weighted by molar-refractivity contribution is 0.102. The number of aryl methyl sites for hydroxylation is 1. The summed E-state index contributed by atoms with van der Waals surface area (Å²) < 4.78 is 10.6. The Balaban J connectivity index is 1.69. The fourth-order valence-electron chi connectivity index (χ4n) is 2.77. The lowest BCUT2D eigenvalue weighted by Gasteiger charge is -2.27. The molecule has 8 nitrogen and oxygen atoms in total. The molecule has 0 atom stereocenters. The quantitative estimate of drug-likeness (QED) is 0.780. The van der Waals surface area contributed by atoms with Crippen molar-refractivity contribution in [3.05, 3.63) is 41.9 Å². The fraction of sp³-hybridized carbons (Fsp3) is 0.294. The number of ether oxygens (including phenoxy) is 1. The maximum absolute atomic E-state index is 12.7. The van der Waals surface area contributed by atoms with Gasteiger partial charge in [0.15, 0.2) is 5.69 Å². The van der Waals surface area contributed by atoms with Gasteiger partial charge in [0.25, 0.3) is 11.6 Å². The molecule has 1 fully saturated rings. The summed E-state index contributed by atoms with van der Waals surface area (Å²) in [7, 11) is 0. The molecular weight excluding hydrogens is 322 g/mol. The molecule has 128 valence electrons. The van der Waals surface area contributed by atoms with Crippen LogP contribution in [0.25, 0.3) is 11.1 Å². The Kier molecular flexibility index (Phi) is 4.02. The van der Waals surface area contributed by atoms with Gasteiger partial charge in [-0.25, -0.2) is 4.98 Å². The van der Waals surface area contributed by atoms with E-state index >= 15 is 0 Å². The molecule has 0 bridgehead atoms. The lowest BCUT2D eigenvalue weighted by atomic mass is 10.2. The van der Waals surface area contributed by atoms with Gasteiger partial charge in [-0.05, 0) is 19.1 Å². The first-order chi connectivity index (χ1) is 12.2. The molecule has 1 amide bonds. The van der Waals surface area contributed by atoms with Crippen molar-refractivity contribution < 1.29 is 14.1 Å². The van der Waals surface area contributed by atoms with Crippen LogP contribution in [0.1, 0.15) is 16.1 Å². The minimum Gasteiger partial charge on any atom is -0.378 e. The Bertz CT molecular complexity index is 900. The Hall–Kier alpha value is -3.00. The Morgan fingerprint density at radius 2 is 1.92 bits per heavy atom. The van der Waals surface area contributed by atoms with Gasteiger partial charge in [0.2, 0.25) is 0 Å². The van der Waals surface area contributed by atoms with Crippen molar-refractivity contribution >= 4 is 28.5 Å². The molecule has 1 saturated heterocycles. The average molecular weight is 339 g/mol. The first-order valence-corrected chi connectivity index (χ1v) is 8.03. The van der Waals surface area contributed by atoms with Gasteiger partial charge in [-0.15, -0.1) is 0 Å². The van der Waals surface area contributed by atoms with Crippen LogP contribution in [0.15, 0.2) is 35.1 Å². The molecule has 1 N–H and O–H groups in total. The molecule has 2 aromatic heterocycles. The number of anilines is 2. The zero-order valence-corrected chi connectivity index (χ0v) is 13.7. The van der Waals surface area contributed by atoms with Gasteiger partial charge in [0, 0.05) is 18.8 Å². The highest BCUT2D eigenvalue weighted by atomic mass is 16.5. The summed E-state index contributed by atoms with van der Waals surface area (Å²) in [5.74, 6) is 0.288. The number of carbonyl (C=O) groups excluding carboxylic acids is 1. The highest BCUT2D eigenvalue weighted by Gasteiger charge is 2.25. The predicted octanol–water partition coefficient (Wildman–Crippen LogP) is 2.02. The zero-order valence-electron chi connectivity index (χ0n) is 13.7. The van der Waals surface area contributed by atoms with Crippen LogP contribution in [-0.2, 0) is 4.74 Å². The first kappa shape index (κ1) is 15.5. The molecule has 0 radical (unpaired) electrons. The second-order valence-corrected chi connectivity index (χ2v) is 5.83. The number of nitrogens with one attached hydrogen (secondary N) is 1. The van der Waals surface area contributed by atoms with Gasteiger partial charge in [-0.3, -0.25) is 4.79 Å². The second-order valence-electron chi connectivity index (χ2n) is 5.83. The maximum atomic E-state index is 12.7. The van der Waals surface area contributed by atoms with Crippen LogP contribution in [-0.4, -0.2) is 47.3 Å². The van der Waals surface area contributed by atoms with Crippen molar-refractivity contribution in [2.45, 2.75) is 6.92 Å². The van der Waals surface area contributed by atoms with Gasteiger partial charge in [0.1, 0.15) is 17.5 Å². The predicted molar refractivity (Wildman–Crippen MR) is 91.8 cm³/mol. The van der Waals surface area contributed by atoms with Crippen LogP contribution < -0.4 is 10.2 Å². The van der Waals surface area contributed by atoms with Gasteiger partial charge < -0.3 is 19.5 Å². The van der Waals surface area contributed by atoms with Crippen LogP contribution in [0.3, 0.4) is 0 Å². The molecule has 25 heavy (non-hydrogen) atoms. The minimum atomic E-state index is -0.355. The van der Waals surface area contributed by atoms with E-state index in [4.69, 9.17) is 9.26 Å². The van der Waals surface area contributed by atoms with E-state index in [-0.39, 0.29) is 11.6 Å². The van der Waals surface area contributed by atoms with Gasteiger partial charge >= 0.3 is 0 Å². The van der Waals surface area contributed by atoms with Gasteiger partial charge in [-0.2, -0.15) is 4.98 Å². The van der Waals surface area contributed by atoms with Gasteiger partial charge in [0.05, 0.1) is 13.2 Å². The summed E-state index contributed by atoms with van der Waals surface area (Å²) in [6, 6.07) is 7.54. The molecule has 0 unspecified atom stereocenters. The number of carbonyl (C=O) groups is 1. The smallest absolute Gasteiger partial charge is 0.278 e. The highest BCUT2D eigenvalue weighted by Crippen LogP contribution is 2.27. The summed E-state index contributed by atoms with van der Waals surface area (Å²) in [5.41, 5.74) is 2.28. The third-order valence-electron chi connectivity index (χ3n) is 4.09. The first-order valence-electron chi connectivity index (χ1n) is 8.03. The molecule has 4 rings (SSSR count). The summed E-state index contributed by atoms with van der Waals surface area (Å²) in [6.45, 7) is 4.60. The summed E-state index contributed by atoms with van der Waals surface area (Å²) in [5, 5.41) is 7.27. The van der Waals surface area contributed by atoms with E-state index < -0.39 is 0 Å². The molecule has 8 heteroatoms. The summed E-state index contributed by atoms with van der Waals surface area (Å²) in [4.78, 5) is 23.1. The van der Waals surface area contributed by atoms with Crippen LogP contribution in [0.5, 0.6) is 0 Å². The Morgan fingerprint density at radius 3 is 2.68 bits per heavy atom. The number of rotatable bonds is 3. The third kappa shape index (κ3) is 3.03. The number of morpholine rings is 1. The molecule has 3 aromatic rings. The van der Waals surface area contributed by atoms with Crippen LogP contribution in [0.4, 0.5) is 11.5 Å². The average Bonchev–Trinajstić information content (AvgIpc) is 3.09. The molecular formula is C17H17N5O3. The second kappa shape index (κ2) is 6.48. The van der Waals surface area contributed by atoms with Crippen molar-refractivity contribution in [2.24, 2.45) is 0 Å². The van der Waals surface area contributed by atoms with Crippen molar-refractivity contribution in [2.75, 3.05) is 36.5 Å². The van der Waals surface area contributed by atoms with Crippen molar-refractivity contribution in [1.29, 1.82) is 0 Å². The van der Waals surface area contributed by atoms with Crippen LogP contribution in [0, 0.1) is 6.92 Å². The number of aromatic nitrogens is 3. The highest BCUT2D eigenvalue weighted by molar-refractivity contribution is 6.12. The summed E-state index contributed by atoms with van der Waals surface area (Å²) in [6.07, 6.45) is 1.42. The number of fused-ring (bicyclic) bond motifs is 1. The summed E-state index contributed by atoms with van der Waals surface area (Å²) >= 11 is 0. The Labute approximate surface area is 143 Å². The molecule has 1 aliphatic heterocycles.